The van der Waals surface area contributed by atoms with Gasteiger partial charge in [0, 0.05) is 4.88 Å². The number of hydrogen-bond donors (Lipinski definition) is 0. The molecule has 0 amide bonds. The molecule has 2 aromatic heterocycles. The zero-order valence-electron chi connectivity index (χ0n) is 7.37. The maximum atomic E-state index is 5.88. The lowest BCUT2D eigenvalue weighted by atomic mass is 10.4. The first-order valence-electron chi connectivity index (χ1n) is 3.96. The van der Waals surface area contributed by atoms with Gasteiger partial charge in [-0.25, -0.2) is 0 Å². The molecule has 14 heavy (non-hydrogen) atoms. The molecule has 0 N–H and O–H groups in total. The molecular formula is C8H7BrClN3S. The van der Waals surface area contributed by atoms with Crippen molar-refractivity contribution >= 4 is 38.9 Å². The van der Waals surface area contributed by atoms with Gasteiger partial charge in [0.1, 0.15) is 5.82 Å². The van der Waals surface area contributed by atoms with Gasteiger partial charge in [-0.1, -0.05) is 0 Å². The van der Waals surface area contributed by atoms with Crippen molar-refractivity contribution in [2.24, 2.45) is 0 Å². The van der Waals surface area contributed by atoms with E-state index in [-0.39, 0.29) is 0 Å². The second-order valence-electron chi connectivity index (χ2n) is 2.81. The van der Waals surface area contributed by atoms with Crippen molar-refractivity contribution in [3.63, 3.8) is 0 Å². The highest BCUT2D eigenvalue weighted by molar-refractivity contribution is 9.11. The van der Waals surface area contributed by atoms with Gasteiger partial charge in [-0.3, -0.25) is 4.57 Å². The molecule has 0 radical (unpaired) electrons. The van der Waals surface area contributed by atoms with E-state index in [1.807, 2.05) is 17.6 Å². The third-order valence-electron chi connectivity index (χ3n) is 1.83. The third kappa shape index (κ3) is 1.99. The molecule has 0 atom stereocenters. The van der Waals surface area contributed by atoms with Crippen molar-refractivity contribution in [2.75, 3.05) is 0 Å². The molecule has 2 heterocycles. The number of nitrogens with zero attached hydrogens (tertiary/aromatic N) is 3. The van der Waals surface area contributed by atoms with Crippen molar-refractivity contribution < 1.29 is 0 Å². The molecule has 0 aliphatic carbocycles. The summed E-state index contributed by atoms with van der Waals surface area (Å²) in [4.78, 5) is 1.22. The van der Waals surface area contributed by atoms with Gasteiger partial charge < -0.3 is 0 Å². The van der Waals surface area contributed by atoms with Crippen molar-refractivity contribution in [2.45, 2.75) is 13.5 Å². The van der Waals surface area contributed by atoms with E-state index in [2.05, 4.69) is 32.2 Å². The van der Waals surface area contributed by atoms with E-state index in [1.165, 1.54) is 4.88 Å². The number of thiophene rings is 1. The van der Waals surface area contributed by atoms with Crippen molar-refractivity contribution in [3.05, 3.63) is 31.9 Å². The molecule has 0 spiro atoms. The summed E-state index contributed by atoms with van der Waals surface area (Å²) < 4.78 is 2.99. The van der Waals surface area contributed by atoms with E-state index in [0.29, 0.717) is 5.28 Å². The van der Waals surface area contributed by atoms with Gasteiger partial charge in [-0.2, -0.15) is 0 Å². The van der Waals surface area contributed by atoms with Crippen LogP contribution in [0.25, 0.3) is 0 Å². The summed E-state index contributed by atoms with van der Waals surface area (Å²) in [6.07, 6.45) is 0. The summed E-state index contributed by atoms with van der Waals surface area (Å²) in [6.45, 7) is 2.62. The van der Waals surface area contributed by atoms with Gasteiger partial charge in [-0.05, 0) is 46.6 Å². The van der Waals surface area contributed by atoms with Crippen molar-refractivity contribution in [1.29, 1.82) is 0 Å². The van der Waals surface area contributed by atoms with Crippen LogP contribution in [0.5, 0.6) is 0 Å². The Bertz CT molecular complexity index is 432. The zero-order chi connectivity index (χ0) is 10.1. The summed E-state index contributed by atoms with van der Waals surface area (Å²) in [5.41, 5.74) is 0. The Balaban J connectivity index is 2.26. The standard InChI is InChI=1S/C8H7BrClN3S/c1-5-11-12-8(10)13(5)4-6-2-3-7(9)14-6/h2-3H,4H2,1H3. The highest BCUT2D eigenvalue weighted by atomic mass is 79.9. The van der Waals surface area contributed by atoms with E-state index in [0.717, 1.165) is 16.2 Å². The lowest BCUT2D eigenvalue weighted by molar-refractivity contribution is 0.772. The Morgan fingerprint density at radius 2 is 2.29 bits per heavy atom. The Hall–Kier alpha value is -0.390. The molecule has 74 valence electrons. The minimum Gasteiger partial charge on any atom is -0.297 e. The molecular weight excluding hydrogens is 286 g/mol. The second-order valence-corrected chi connectivity index (χ2v) is 5.69. The maximum absolute atomic E-state index is 5.88. The first-order valence-corrected chi connectivity index (χ1v) is 5.95. The molecule has 0 aliphatic rings. The molecule has 6 heteroatoms. The van der Waals surface area contributed by atoms with Gasteiger partial charge in [0.15, 0.2) is 0 Å². The van der Waals surface area contributed by atoms with E-state index >= 15 is 0 Å². The van der Waals surface area contributed by atoms with Gasteiger partial charge in [-0.15, -0.1) is 21.5 Å². The van der Waals surface area contributed by atoms with Crippen LogP contribution in [-0.4, -0.2) is 14.8 Å². The third-order valence-corrected chi connectivity index (χ3v) is 3.72. The Morgan fingerprint density at radius 3 is 2.79 bits per heavy atom. The summed E-state index contributed by atoms with van der Waals surface area (Å²) in [5.74, 6) is 0.833. The van der Waals surface area contributed by atoms with Gasteiger partial charge in [0.25, 0.3) is 0 Å². The molecule has 2 aromatic rings. The van der Waals surface area contributed by atoms with Gasteiger partial charge in [0.05, 0.1) is 10.3 Å². The quantitative estimate of drug-likeness (QED) is 0.851. The van der Waals surface area contributed by atoms with Crippen LogP contribution in [0, 0.1) is 6.92 Å². The largest absolute Gasteiger partial charge is 0.297 e. The van der Waals surface area contributed by atoms with Crippen LogP contribution >= 0.6 is 38.9 Å². The van der Waals surface area contributed by atoms with E-state index < -0.39 is 0 Å². The average molecular weight is 293 g/mol. The molecule has 0 aliphatic heterocycles. The summed E-state index contributed by atoms with van der Waals surface area (Å²) in [7, 11) is 0. The van der Waals surface area contributed by atoms with Crippen molar-refractivity contribution in [1.82, 2.24) is 14.8 Å². The molecule has 0 aromatic carbocycles. The number of halogens is 2. The molecule has 0 unspecified atom stereocenters. The van der Waals surface area contributed by atoms with Crippen LogP contribution in [0.3, 0.4) is 0 Å². The van der Waals surface area contributed by atoms with Crippen LogP contribution in [0.4, 0.5) is 0 Å². The lowest BCUT2D eigenvalue weighted by Gasteiger charge is -2.01. The highest BCUT2D eigenvalue weighted by Gasteiger charge is 2.07. The Labute approximate surface area is 98.9 Å². The molecule has 3 nitrogen and oxygen atoms in total. The topological polar surface area (TPSA) is 30.7 Å². The molecule has 0 saturated heterocycles. The SMILES string of the molecule is Cc1nnc(Cl)n1Cc1ccc(Br)s1. The summed E-state index contributed by atoms with van der Waals surface area (Å²) in [5, 5.41) is 8.12. The average Bonchev–Trinajstić information content (AvgIpc) is 2.67. The summed E-state index contributed by atoms with van der Waals surface area (Å²) in [6, 6.07) is 4.08. The number of hydrogen-bond acceptors (Lipinski definition) is 3. The van der Waals surface area contributed by atoms with Crippen LogP contribution < -0.4 is 0 Å². The Kier molecular flexibility index (Phi) is 2.90. The predicted octanol–water partition coefficient (Wildman–Crippen LogP) is 3.11. The minimum atomic E-state index is 0.437. The number of aromatic nitrogens is 3. The first-order chi connectivity index (χ1) is 6.66. The van der Waals surface area contributed by atoms with Crippen LogP contribution in [0.2, 0.25) is 5.28 Å². The molecule has 0 bridgehead atoms. The van der Waals surface area contributed by atoms with E-state index in [9.17, 15) is 0 Å². The fraction of sp³-hybridized carbons (Fsp3) is 0.250. The van der Waals surface area contributed by atoms with Crippen LogP contribution in [0.1, 0.15) is 10.7 Å². The number of rotatable bonds is 2. The predicted molar refractivity (Wildman–Crippen MR) is 60.9 cm³/mol. The second kappa shape index (κ2) is 4.00. The fourth-order valence-electron chi connectivity index (χ4n) is 1.13. The van der Waals surface area contributed by atoms with Crippen LogP contribution in [-0.2, 0) is 6.54 Å². The summed E-state index contributed by atoms with van der Waals surface area (Å²) >= 11 is 11.0. The van der Waals surface area contributed by atoms with E-state index in [1.54, 1.807) is 11.3 Å². The highest BCUT2D eigenvalue weighted by Crippen LogP contribution is 2.23. The van der Waals surface area contributed by atoms with Crippen LogP contribution in [0.15, 0.2) is 15.9 Å². The maximum Gasteiger partial charge on any atom is 0.225 e. The van der Waals surface area contributed by atoms with Crippen molar-refractivity contribution in [3.8, 4) is 0 Å². The zero-order valence-corrected chi connectivity index (χ0v) is 10.5. The first kappa shape index (κ1) is 10.1. The van der Waals surface area contributed by atoms with Gasteiger partial charge >= 0.3 is 0 Å². The molecule has 0 saturated carbocycles. The van der Waals surface area contributed by atoms with E-state index in [4.69, 9.17) is 11.6 Å². The molecule has 0 fully saturated rings. The Morgan fingerprint density at radius 1 is 1.50 bits per heavy atom. The smallest absolute Gasteiger partial charge is 0.225 e. The molecule has 2 rings (SSSR count). The fourth-order valence-corrected chi connectivity index (χ4v) is 2.82. The minimum absolute atomic E-state index is 0.437. The normalized spacial score (nSPS) is 10.8. The lowest BCUT2D eigenvalue weighted by Crippen LogP contribution is -2.00. The van der Waals surface area contributed by atoms with Gasteiger partial charge in [0.2, 0.25) is 5.28 Å². The monoisotopic (exact) mass is 291 g/mol. The number of aryl methyl sites for hydroxylation is 1.